The number of methoxy groups -OCH3 is 1. The van der Waals surface area contributed by atoms with Gasteiger partial charge in [-0.15, -0.1) is 0 Å². The molecule has 92 valence electrons. The van der Waals surface area contributed by atoms with Crippen molar-refractivity contribution < 1.29 is 4.74 Å². The first-order chi connectivity index (χ1) is 8.81. The Morgan fingerprint density at radius 2 is 1.50 bits per heavy atom. The minimum atomic E-state index is 0.0765. The Bertz CT molecular complexity index is 500. The van der Waals surface area contributed by atoms with Crippen molar-refractivity contribution in [2.45, 2.75) is 13.0 Å². The van der Waals surface area contributed by atoms with Crippen LogP contribution in [0.25, 0.3) is 11.6 Å². The molecule has 1 unspecified atom stereocenters. The van der Waals surface area contributed by atoms with Crippen LogP contribution in [0.15, 0.2) is 60.7 Å². The van der Waals surface area contributed by atoms with Gasteiger partial charge in [-0.2, -0.15) is 0 Å². The van der Waals surface area contributed by atoms with Crippen molar-refractivity contribution in [2.24, 2.45) is 0 Å². The number of hydrogen-bond donors (Lipinski definition) is 0. The molecule has 1 atom stereocenters. The highest BCUT2D eigenvalue weighted by atomic mass is 16.5. The summed E-state index contributed by atoms with van der Waals surface area (Å²) < 4.78 is 5.47. The summed E-state index contributed by atoms with van der Waals surface area (Å²) >= 11 is 0. The molecule has 1 heteroatoms. The number of rotatable bonds is 4. The molecular formula is C17H18O. The maximum absolute atomic E-state index is 5.47. The molecule has 0 fully saturated rings. The number of ether oxygens (including phenoxy) is 1. The van der Waals surface area contributed by atoms with Crippen LogP contribution >= 0.6 is 0 Å². The van der Waals surface area contributed by atoms with E-state index in [-0.39, 0.29) is 6.10 Å². The first kappa shape index (κ1) is 12.6. The molecule has 0 aliphatic heterocycles. The summed E-state index contributed by atoms with van der Waals surface area (Å²) in [6.45, 7) is 2.07. The lowest BCUT2D eigenvalue weighted by Gasteiger charge is -2.15. The van der Waals surface area contributed by atoms with Gasteiger partial charge < -0.3 is 4.74 Å². The van der Waals surface area contributed by atoms with E-state index in [1.165, 1.54) is 16.7 Å². The van der Waals surface area contributed by atoms with Gasteiger partial charge in [0.2, 0.25) is 0 Å². The van der Waals surface area contributed by atoms with E-state index in [2.05, 4.69) is 49.4 Å². The van der Waals surface area contributed by atoms with Crippen LogP contribution < -0.4 is 0 Å². The van der Waals surface area contributed by atoms with Gasteiger partial charge in [-0.3, -0.25) is 0 Å². The first-order valence-electron chi connectivity index (χ1n) is 6.16. The fourth-order valence-corrected chi connectivity index (χ4v) is 1.92. The van der Waals surface area contributed by atoms with Crippen LogP contribution in [0, 0.1) is 0 Å². The zero-order chi connectivity index (χ0) is 12.8. The van der Waals surface area contributed by atoms with Gasteiger partial charge in [-0.25, -0.2) is 0 Å². The second kappa shape index (κ2) is 6.18. The molecule has 0 aliphatic rings. The first-order valence-corrected chi connectivity index (χ1v) is 6.16. The van der Waals surface area contributed by atoms with Crippen molar-refractivity contribution in [3.63, 3.8) is 0 Å². The largest absolute Gasteiger partial charge is 0.377 e. The fourth-order valence-electron chi connectivity index (χ4n) is 1.92. The molecule has 0 amide bonds. The van der Waals surface area contributed by atoms with Gasteiger partial charge >= 0.3 is 0 Å². The predicted molar refractivity (Wildman–Crippen MR) is 77.2 cm³/mol. The van der Waals surface area contributed by atoms with Gasteiger partial charge in [0.25, 0.3) is 0 Å². The summed E-state index contributed by atoms with van der Waals surface area (Å²) in [6, 6.07) is 20.7. The van der Waals surface area contributed by atoms with E-state index >= 15 is 0 Å². The van der Waals surface area contributed by atoms with E-state index in [9.17, 15) is 0 Å². The maximum Gasteiger partial charge on any atom is 0.0799 e. The summed E-state index contributed by atoms with van der Waals surface area (Å²) in [5.41, 5.74) is 3.60. The Labute approximate surface area is 109 Å². The van der Waals surface area contributed by atoms with E-state index in [1.807, 2.05) is 24.3 Å². The molecule has 0 aromatic heterocycles. The third-order valence-corrected chi connectivity index (χ3v) is 3.02. The van der Waals surface area contributed by atoms with Crippen molar-refractivity contribution >= 4 is 11.6 Å². The van der Waals surface area contributed by atoms with E-state index in [4.69, 9.17) is 4.74 Å². The predicted octanol–water partition coefficient (Wildman–Crippen LogP) is 4.26. The summed E-state index contributed by atoms with van der Waals surface area (Å²) in [4.78, 5) is 0. The average Bonchev–Trinajstić information content (AvgIpc) is 2.46. The quantitative estimate of drug-likeness (QED) is 0.723. The standard InChI is InChI=1S/C17H18O/c1-14(18-2)17(16-11-7-4-8-12-16)13-15-9-5-3-6-10-15/h3-14H,1-2H3/b17-13-. The van der Waals surface area contributed by atoms with Crippen molar-refractivity contribution in [2.75, 3.05) is 7.11 Å². The Balaban J connectivity index is 2.41. The maximum atomic E-state index is 5.47. The van der Waals surface area contributed by atoms with E-state index in [0.717, 1.165) is 0 Å². The SMILES string of the molecule is COC(C)/C(=C/c1ccccc1)c1ccccc1. The molecule has 0 radical (unpaired) electrons. The van der Waals surface area contributed by atoms with Crippen LogP contribution in [-0.4, -0.2) is 13.2 Å². The third kappa shape index (κ3) is 3.08. The topological polar surface area (TPSA) is 9.23 Å². The Morgan fingerprint density at radius 1 is 0.944 bits per heavy atom. The van der Waals surface area contributed by atoms with Crippen molar-refractivity contribution in [1.82, 2.24) is 0 Å². The lowest BCUT2D eigenvalue weighted by atomic mass is 9.98. The molecule has 0 saturated heterocycles. The van der Waals surface area contributed by atoms with Crippen molar-refractivity contribution in [1.29, 1.82) is 0 Å². The monoisotopic (exact) mass is 238 g/mol. The molecular weight excluding hydrogens is 220 g/mol. The summed E-state index contributed by atoms with van der Waals surface area (Å²) in [7, 11) is 1.74. The lowest BCUT2D eigenvalue weighted by Crippen LogP contribution is -2.07. The summed E-state index contributed by atoms with van der Waals surface area (Å²) in [5.74, 6) is 0. The second-order valence-corrected chi connectivity index (χ2v) is 4.25. The molecule has 0 aliphatic carbocycles. The van der Waals surface area contributed by atoms with Gasteiger partial charge in [-0.05, 0) is 29.7 Å². The van der Waals surface area contributed by atoms with Crippen molar-refractivity contribution in [3.05, 3.63) is 71.8 Å². The highest BCUT2D eigenvalue weighted by Crippen LogP contribution is 2.23. The van der Waals surface area contributed by atoms with Crippen LogP contribution in [0.1, 0.15) is 18.1 Å². The summed E-state index contributed by atoms with van der Waals surface area (Å²) in [6.07, 6.45) is 2.26. The molecule has 0 saturated carbocycles. The lowest BCUT2D eigenvalue weighted by molar-refractivity contribution is 0.164. The minimum Gasteiger partial charge on any atom is -0.377 e. The zero-order valence-corrected chi connectivity index (χ0v) is 10.8. The third-order valence-electron chi connectivity index (χ3n) is 3.02. The normalized spacial score (nSPS) is 13.3. The Morgan fingerprint density at radius 3 is 2.06 bits per heavy atom. The average molecular weight is 238 g/mol. The van der Waals surface area contributed by atoms with Gasteiger partial charge in [0.1, 0.15) is 0 Å². The van der Waals surface area contributed by atoms with Crippen LogP contribution in [-0.2, 0) is 4.74 Å². The smallest absolute Gasteiger partial charge is 0.0799 e. The van der Waals surface area contributed by atoms with Crippen LogP contribution in [0.4, 0.5) is 0 Å². The molecule has 18 heavy (non-hydrogen) atoms. The van der Waals surface area contributed by atoms with E-state index in [0.29, 0.717) is 0 Å². The Kier molecular flexibility index (Phi) is 4.32. The molecule has 1 nitrogen and oxygen atoms in total. The highest BCUT2D eigenvalue weighted by molar-refractivity contribution is 5.83. The van der Waals surface area contributed by atoms with Gasteiger partial charge in [0.15, 0.2) is 0 Å². The molecule has 0 N–H and O–H groups in total. The molecule has 2 rings (SSSR count). The molecule has 2 aromatic carbocycles. The van der Waals surface area contributed by atoms with Crippen molar-refractivity contribution in [3.8, 4) is 0 Å². The number of benzene rings is 2. The molecule has 0 bridgehead atoms. The minimum absolute atomic E-state index is 0.0765. The highest BCUT2D eigenvalue weighted by Gasteiger charge is 2.09. The second-order valence-electron chi connectivity index (χ2n) is 4.25. The summed E-state index contributed by atoms with van der Waals surface area (Å²) in [5, 5.41) is 0. The zero-order valence-electron chi connectivity index (χ0n) is 10.8. The Hall–Kier alpha value is -1.86. The van der Waals surface area contributed by atoms with Crippen LogP contribution in [0.2, 0.25) is 0 Å². The van der Waals surface area contributed by atoms with E-state index in [1.54, 1.807) is 7.11 Å². The fraction of sp³-hybridized carbons (Fsp3) is 0.176. The van der Waals surface area contributed by atoms with E-state index < -0.39 is 0 Å². The van der Waals surface area contributed by atoms with Crippen LogP contribution in [0.5, 0.6) is 0 Å². The van der Waals surface area contributed by atoms with Gasteiger partial charge in [-0.1, -0.05) is 60.7 Å². The van der Waals surface area contributed by atoms with Gasteiger partial charge in [0, 0.05) is 7.11 Å². The molecule has 2 aromatic rings. The molecule has 0 spiro atoms. The number of hydrogen-bond acceptors (Lipinski definition) is 1. The van der Waals surface area contributed by atoms with Crippen LogP contribution in [0.3, 0.4) is 0 Å². The van der Waals surface area contributed by atoms with Gasteiger partial charge in [0.05, 0.1) is 6.10 Å². The molecule has 0 heterocycles.